The minimum Gasteiger partial charge on any atom is -0.465 e. The zero-order chi connectivity index (χ0) is 13.3. The van der Waals surface area contributed by atoms with Crippen LogP contribution in [0.15, 0.2) is 27.2 Å². The Hall–Kier alpha value is -1.69. The van der Waals surface area contributed by atoms with E-state index in [0.29, 0.717) is 17.0 Å². The van der Waals surface area contributed by atoms with E-state index in [2.05, 4.69) is 25.8 Å². The molecule has 4 nitrogen and oxygen atoms in total. The van der Waals surface area contributed by atoms with Gasteiger partial charge in [0.1, 0.15) is 22.8 Å². The third kappa shape index (κ3) is 2.15. The second-order valence-corrected chi connectivity index (χ2v) is 4.44. The molecule has 0 N–H and O–H groups in total. The number of ether oxygens (including phenoxy) is 1. The van der Waals surface area contributed by atoms with Crippen LogP contribution in [-0.2, 0) is 4.74 Å². The molecular formula is C12H9BrFNO3. The molecule has 0 fully saturated rings. The van der Waals surface area contributed by atoms with Crippen molar-refractivity contribution < 1.29 is 18.4 Å². The summed E-state index contributed by atoms with van der Waals surface area (Å²) in [4.78, 5) is 11.6. The summed E-state index contributed by atoms with van der Waals surface area (Å²) >= 11 is 3.08. The van der Waals surface area contributed by atoms with Crippen LogP contribution in [0.25, 0.3) is 11.3 Å². The largest absolute Gasteiger partial charge is 0.465 e. The maximum atomic E-state index is 13.2. The molecule has 0 aliphatic rings. The third-order valence-corrected chi connectivity index (χ3v) is 3.05. The first-order chi connectivity index (χ1) is 8.54. The Morgan fingerprint density at radius 1 is 1.50 bits per heavy atom. The van der Waals surface area contributed by atoms with Crippen molar-refractivity contribution in [2.24, 2.45) is 0 Å². The molecule has 0 radical (unpaired) electrons. The van der Waals surface area contributed by atoms with Crippen molar-refractivity contribution in [1.29, 1.82) is 0 Å². The van der Waals surface area contributed by atoms with Gasteiger partial charge in [0.05, 0.1) is 11.6 Å². The highest BCUT2D eigenvalue weighted by atomic mass is 79.9. The van der Waals surface area contributed by atoms with Crippen LogP contribution in [0.3, 0.4) is 0 Å². The Bertz CT molecular complexity index is 609. The first-order valence-electron chi connectivity index (χ1n) is 5.04. The minimum absolute atomic E-state index is 0.246. The molecular weight excluding hydrogens is 305 g/mol. The molecule has 0 saturated heterocycles. The molecule has 0 bridgehead atoms. The number of rotatable bonds is 2. The molecule has 94 valence electrons. The Balaban J connectivity index is 2.57. The molecule has 0 amide bonds. The highest BCUT2D eigenvalue weighted by Gasteiger charge is 2.22. The van der Waals surface area contributed by atoms with E-state index in [1.807, 2.05) is 0 Å². The molecule has 2 rings (SSSR count). The molecule has 1 aromatic heterocycles. The highest BCUT2D eigenvalue weighted by molar-refractivity contribution is 9.10. The number of esters is 1. The average Bonchev–Trinajstić information content (AvgIpc) is 2.74. The van der Waals surface area contributed by atoms with Gasteiger partial charge in [-0.05, 0) is 41.1 Å². The van der Waals surface area contributed by atoms with Gasteiger partial charge in [-0.2, -0.15) is 0 Å². The number of hydrogen-bond donors (Lipinski definition) is 0. The van der Waals surface area contributed by atoms with E-state index >= 15 is 0 Å². The van der Waals surface area contributed by atoms with Crippen molar-refractivity contribution in [3.05, 3.63) is 39.8 Å². The first-order valence-corrected chi connectivity index (χ1v) is 5.84. The average molecular weight is 314 g/mol. The number of benzene rings is 1. The van der Waals surface area contributed by atoms with Gasteiger partial charge in [-0.15, -0.1) is 0 Å². The predicted molar refractivity (Wildman–Crippen MR) is 65.7 cm³/mol. The smallest absolute Gasteiger partial charge is 0.343 e. The number of aryl methyl sites for hydroxylation is 1. The maximum absolute atomic E-state index is 13.2. The zero-order valence-electron chi connectivity index (χ0n) is 9.66. The van der Waals surface area contributed by atoms with Gasteiger partial charge in [-0.3, -0.25) is 0 Å². The summed E-state index contributed by atoms with van der Waals surface area (Å²) in [6, 6.07) is 4.33. The molecule has 0 unspecified atom stereocenters. The van der Waals surface area contributed by atoms with E-state index in [0.717, 1.165) is 0 Å². The van der Waals surface area contributed by atoms with Gasteiger partial charge in [0.25, 0.3) is 0 Å². The lowest BCUT2D eigenvalue weighted by Gasteiger charge is -2.02. The molecule has 0 spiro atoms. The fourth-order valence-electron chi connectivity index (χ4n) is 1.56. The zero-order valence-corrected chi connectivity index (χ0v) is 11.2. The SMILES string of the molecule is COC(=O)c1c(-c2ccc(F)c(Br)c2)noc1C. The van der Waals surface area contributed by atoms with Gasteiger partial charge in [-0.1, -0.05) is 5.16 Å². The molecule has 1 heterocycles. The third-order valence-electron chi connectivity index (χ3n) is 2.45. The van der Waals surface area contributed by atoms with Gasteiger partial charge >= 0.3 is 5.97 Å². The standard InChI is InChI=1S/C12H9BrFNO3/c1-6-10(12(16)17-2)11(15-18-6)7-3-4-9(14)8(13)5-7/h3-5H,1-2H3. The molecule has 0 saturated carbocycles. The van der Waals surface area contributed by atoms with Gasteiger partial charge in [0, 0.05) is 5.56 Å². The minimum atomic E-state index is -0.538. The van der Waals surface area contributed by atoms with Crippen molar-refractivity contribution in [3.8, 4) is 11.3 Å². The lowest BCUT2D eigenvalue weighted by atomic mass is 10.1. The lowest BCUT2D eigenvalue weighted by molar-refractivity contribution is 0.0599. The fraction of sp³-hybridized carbons (Fsp3) is 0.167. The lowest BCUT2D eigenvalue weighted by Crippen LogP contribution is -2.03. The van der Waals surface area contributed by atoms with Gasteiger partial charge < -0.3 is 9.26 Å². The molecule has 6 heteroatoms. The van der Waals surface area contributed by atoms with Crippen LogP contribution in [0.1, 0.15) is 16.1 Å². The van der Waals surface area contributed by atoms with E-state index in [-0.39, 0.29) is 10.0 Å². The van der Waals surface area contributed by atoms with Crippen LogP contribution in [0, 0.1) is 12.7 Å². The Kier molecular flexibility index (Phi) is 3.47. The van der Waals surface area contributed by atoms with Crippen LogP contribution >= 0.6 is 15.9 Å². The van der Waals surface area contributed by atoms with Gasteiger partial charge in [-0.25, -0.2) is 9.18 Å². The number of methoxy groups -OCH3 is 1. The fourth-order valence-corrected chi connectivity index (χ4v) is 1.93. The van der Waals surface area contributed by atoms with Crippen LogP contribution in [0.2, 0.25) is 0 Å². The van der Waals surface area contributed by atoms with Crippen molar-refractivity contribution in [3.63, 3.8) is 0 Å². The highest BCUT2D eigenvalue weighted by Crippen LogP contribution is 2.29. The van der Waals surface area contributed by atoms with Crippen LogP contribution < -0.4 is 0 Å². The second kappa shape index (κ2) is 4.89. The summed E-state index contributed by atoms with van der Waals surface area (Å²) in [5, 5.41) is 3.81. The van der Waals surface area contributed by atoms with Gasteiger partial charge in [0.2, 0.25) is 0 Å². The molecule has 0 aliphatic carbocycles. The number of carbonyl (C=O) groups is 1. The Morgan fingerprint density at radius 2 is 2.22 bits per heavy atom. The van der Waals surface area contributed by atoms with Gasteiger partial charge in [0.15, 0.2) is 0 Å². The number of carbonyl (C=O) groups excluding carboxylic acids is 1. The molecule has 1 aromatic carbocycles. The van der Waals surface area contributed by atoms with E-state index in [9.17, 15) is 9.18 Å². The summed E-state index contributed by atoms with van der Waals surface area (Å²) in [7, 11) is 1.28. The first kappa shape index (κ1) is 12.8. The summed E-state index contributed by atoms with van der Waals surface area (Å²) < 4.78 is 23.1. The summed E-state index contributed by atoms with van der Waals surface area (Å²) in [5.41, 5.74) is 1.15. The van der Waals surface area contributed by atoms with Crippen molar-refractivity contribution in [2.75, 3.05) is 7.11 Å². The normalized spacial score (nSPS) is 10.4. The van der Waals surface area contributed by atoms with Crippen LogP contribution in [0.5, 0.6) is 0 Å². The number of nitrogens with zero attached hydrogens (tertiary/aromatic N) is 1. The van der Waals surface area contributed by atoms with E-state index in [1.54, 1.807) is 6.92 Å². The topological polar surface area (TPSA) is 52.3 Å². The Labute approximate surface area is 111 Å². The van der Waals surface area contributed by atoms with E-state index < -0.39 is 11.8 Å². The maximum Gasteiger partial charge on any atom is 0.343 e. The summed E-state index contributed by atoms with van der Waals surface area (Å²) in [5.74, 6) is -0.569. The molecule has 0 aliphatic heterocycles. The Morgan fingerprint density at radius 3 is 2.83 bits per heavy atom. The van der Waals surface area contributed by atoms with Crippen molar-refractivity contribution in [2.45, 2.75) is 6.92 Å². The summed E-state index contributed by atoms with van der Waals surface area (Å²) in [6.45, 7) is 1.61. The van der Waals surface area contributed by atoms with Crippen LogP contribution in [0.4, 0.5) is 4.39 Å². The van der Waals surface area contributed by atoms with Crippen LogP contribution in [-0.4, -0.2) is 18.2 Å². The monoisotopic (exact) mass is 313 g/mol. The van der Waals surface area contributed by atoms with Crippen molar-refractivity contribution >= 4 is 21.9 Å². The summed E-state index contributed by atoms with van der Waals surface area (Å²) in [6.07, 6.45) is 0. The predicted octanol–water partition coefficient (Wildman–Crippen LogP) is 3.34. The molecule has 2 aromatic rings. The molecule has 0 atom stereocenters. The van der Waals surface area contributed by atoms with E-state index in [4.69, 9.17) is 4.52 Å². The molecule has 18 heavy (non-hydrogen) atoms. The quantitative estimate of drug-likeness (QED) is 0.798. The number of hydrogen-bond acceptors (Lipinski definition) is 4. The van der Waals surface area contributed by atoms with E-state index in [1.165, 1.54) is 25.3 Å². The van der Waals surface area contributed by atoms with Crippen molar-refractivity contribution in [1.82, 2.24) is 5.16 Å². The number of halogens is 2. The second-order valence-electron chi connectivity index (χ2n) is 3.58. The number of aromatic nitrogens is 1.